The van der Waals surface area contributed by atoms with Gasteiger partial charge >= 0.3 is 0 Å². The summed E-state index contributed by atoms with van der Waals surface area (Å²) in [6.45, 7) is 0. The molecule has 70 valence electrons. The van der Waals surface area contributed by atoms with E-state index in [1.165, 1.54) is 18.2 Å². The van der Waals surface area contributed by atoms with Gasteiger partial charge in [0.25, 0.3) is 0 Å². The summed E-state index contributed by atoms with van der Waals surface area (Å²) < 4.78 is 0. The number of phenolic OH excluding ortho intramolecular Hbond substituents is 1. The number of aromatic hydroxyl groups is 1. The van der Waals surface area contributed by atoms with Crippen molar-refractivity contribution in [3.8, 4) is 5.75 Å². The molecule has 0 aliphatic heterocycles. The molecule has 5 heteroatoms. The number of hydrogen-bond acceptors (Lipinski definition) is 3. The maximum Gasteiger partial charge on any atom is 0.239 e. The fourth-order valence-electron chi connectivity index (χ4n) is 0.827. The van der Waals surface area contributed by atoms with Crippen LogP contribution in [0.2, 0.25) is 0 Å². The molecule has 4 N–H and O–H groups in total. The summed E-state index contributed by atoms with van der Waals surface area (Å²) in [5.41, 5.74) is 6.13. The molecule has 0 heterocycles. The average molecular weight is 201 g/mol. The first-order valence-electron chi connectivity index (χ1n) is 3.58. The lowest BCUT2D eigenvalue weighted by molar-refractivity contribution is -0.113. The monoisotopic (exact) mass is 200 g/mol. The maximum atomic E-state index is 10.8. The van der Waals surface area contributed by atoms with Crippen LogP contribution in [-0.4, -0.2) is 16.9 Å². The van der Waals surface area contributed by atoms with Crippen LogP contribution in [0.15, 0.2) is 18.2 Å². The summed E-state index contributed by atoms with van der Waals surface area (Å²) in [7, 11) is 0. The quantitative estimate of drug-likeness (QED) is 0.290. The Morgan fingerprint density at radius 2 is 2.31 bits per heavy atom. The number of nitrogens with two attached hydrogens (primary N) is 1. The van der Waals surface area contributed by atoms with E-state index in [2.05, 4.69) is 5.32 Å². The van der Waals surface area contributed by atoms with Gasteiger partial charge in [-0.1, -0.05) is 0 Å². The van der Waals surface area contributed by atoms with E-state index in [9.17, 15) is 4.79 Å². The van der Waals surface area contributed by atoms with Crippen LogP contribution in [0.25, 0.3) is 0 Å². The molecule has 1 aromatic rings. The van der Waals surface area contributed by atoms with Crippen molar-refractivity contribution in [2.24, 2.45) is 0 Å². The normalized spacial score (nSPS) is 9.62. The number of carbonyl (C=O) groups is 1. The number of alkyl halides is 1. The van der Waals surface area contributed by atoms with E-state index in [1.807, 2.05) is 0 Å². The van der Waals surface area contributed by atoms with Gasteiger partial charge < -0.3 is 16.2 Å². The van der Waals surface area contributed by atoms with Crippen LogP contribution in [0.1, 0.15) is 0 Å². The Hall–Kier alpha value is -1.42. The summed E-state index contributed by atoms with van der Waals surface area (Å²) >= 11 is 5.28. The molecule has 0 unspecified atom stereocenters. The second kappa shape index (κ2) is 4.00. The first-order valence-corrected chi connectivity index (χ1v) is 4.11. The Morgan fingerprint density at radius 3 is 2.85 bits per heavy atom. The molecular weight excluding hydrogens is 192 g/mol. The third-order valence-corrected chi connectivity index (χ3v) is 1.68. The summed E-state index contributed by atoms with van der Waals surface area (Å²) in [6, 6.07) is 4.40. The van der Waals surface area contributed by atoms with Gasteiger partial charge in [-0.15, -0.1) is 11.6 Å². The molecular formula is C8H9ClN2O2. The molecule has 1 amide bonds. The van der Waals surface area contributed by atoms with E-state index < -0.39 is 0 Å². The van der Waals surface area contributed by atoms with Crippen molar-refractivity contribution in [1.29, 1.82) is 0 Å². The second-order valence-corrected chi connectivity index (χ2v) is 2.72. The molecule has 0 aromatic heterocycles. The standard InChI is InChI=1S/C8H9ClN2O2/c9-4-8(13)11-5-1-2-7(12)6(10)3-5/h1-3,12H,4,10H2,(H,11,13). The number of amides is 1. The lowest BCUT2D eigenvalue weighted by Crippen LogP contribution is -2.12. The van der Waals surface area contributed by atoms with E-state index >= 15 is 0 Å². The zero-order chi connectivity index (χ0) is 9.84. The predicted molar refractivity (Wildman–Crippen MR) is 51.9 cm³/mol. The molecule has 0 fully saturated rings. The Morgan fingerprint density at radius 1 is 1.62 bits per heavy atom. The number of nitrogens with one attached hydrogen (secondary N) is 1. The Kier molecular flexibility index (Phi) is 2.97. The second-order valence-electron chi connectivity index (χ2n) is 2.46. The minimum Gasteiger partial charge on any atom is -0.506 e. The predicted octanol–water partition coefficient (Wildman–Crippen LogP) is 1.15. The molecule has 0 aliphatic rings. The van der Waals surface area contributed by atoms with Crippen molar-refractivity contribution in [1.82, 2.24) is 0 Å². The molecule has 0 saturated carbocycles. The average Bonchev–Trinajstić information content (AvgIpc) is 2.11. The highest BCUT2D eigenvalue weighted by Gasteiger charge is 2.01. The van der Waals surface area contributed by atoms with Gasteiger partial charge in [0.2, 0.25) is 5.91 Å². The zero-order valence-corrected chi connectivity index (χ0v) is 7.51. The highest BCUT2D eigenvalue weighted by atomic mass is 35.5. The van der Waals surface area contributed by atoms with Crippen molar-refractivity contribution in [2.45, 2.75) is 0 Å². The molecule has 0 spiro atoms. The fraction of sp³-hybridized carbons (Fsp3) is 0.125. The van der Waals surface area contributed by atoms with Crippen LogP contribution >= 0.6 is 11.6 Å². The number of nitrogen functional groups attached to an aromatic ring is 1. The largest absolute Gasteiger partial charge is 0.506 e. The topological polar surface area (TPSA) is 75.3 Å². The Labute approximate surface area is 80.3 Å². The number of benzene rings is 1. The highest BCUT2D eigenvalue weighted by molar-refractivity contribution is 6.29. The van der Waals surface area contributed by atoms with Gasteiger partial charge in [-0.05, 0) is 18.2 Å². The van der Waals surface area contributed by atoms with Crippen molar-refractivity contribution in [2.75, 3.05) is 16.9 Å². The molecule has 0 saturated heterocycles. The third kappa shape index (κ3) is 2.52. The smallest absolute Gasteiger partial charge is 0.239 e. The van der Waals surface area contributed by atoms with Crippen LogP contribution in [0.4, 0.5) is 11.4 Å². The van der Waals surface area contributed by atoms with Gasteiger partial charge in [0.05, 0.1) is 5.69 Å². The molecule has 13 heavy (non-hydrogen) atoms. The fourth-order valence-corrected chi connectivity index (χ4v) is 0.893. The van der Waals surface area contributed by atoms with Crippen LogP contribution in [0.5, 0.6) is 5.75 Å². The first kappa shape index (κ1) is 9.67. The van der Waals surface area contributed by atoms with Gasteiger partial charge in [-0.3, -0.25) is 4.79 Å². The van der Waals surface area contributed by atoms with E-state index in [0.717, 1.165) is 0 Å². The number of hydrogen-bond donors (Lipinski definition) is 3. The van der Waals surface area contributed by atoms with Crippen molar-refractivity contribution in [3.05, 3.63) is 18.2 Å². The van der Waals surface area contributed by atoms with Crippen molar-refractivity contribution in [3.63, 3.8) is 0 Å². The molecule has 0 radical (unpaired) electrons. The van der Waals surface area contributed by atoms with Crippen LogP contribution in [-0.2, 0) is 4.79 Å². The Balaban J connectivity index is 2.79. The van der Waals surface area contributed by atoms with Gasteiger partial charge in [0, 0.05) is 5.69 Å². The molecule has 0 aliphatic carbocycles. The van der Waals surface area contributed by atoms with Crippen LogP contribution in [0.3, 0.4) is 0 Å². The summed E-state index contributed by atoms with van der Waals surface area (Å²) in [6.07, 6.45) is 0. The van der Waals surface area contributed by atoms with Gasteiger partial charge in [0.1, 0.15) is 11.6 Å². The molecule has 1 aromatic carbocycles. The minimum atomic E-state index is -0.313. The van der Waals surface area contributed by atoms with Crippen molar-refractivity contribution < 1.29 is 9.90 Å². The minimum absolute atomic E-state index is 0.0103. The van der Waals surface area contributed by atoms with Crippen molar-refractivity contribution >= 4 is 28.9 Å². The zero-order valence-electron chi connectivity index (χ0n) is 6.75. The lowest BCUT2D eigenvalue weighted by Gasteiger charge is -2.04. The van der Waals surface area contributed by atoms with E-state index in [1.54, 1.807) is 0 Å². The van der Waals surface area contributed by atoms with Gasteiger partial charge in [0.15, 0.2) is 0 Å². The lowest BCUT2D eigenvalue weighted by atomic mass is 10.2. The number of halogens is 1. The van der Waals surface area contributed by atoms with Crippen LogP contribution < -0.4 is 11.1 Å². The van der Waals surface area contributed by atoms with Crippen LogP contribution in [0, 0.1) is 0 Å². The molecule has 0 atom stereocenters. The summed E-state index contributed by atoms with van der Waals surface area (Å²) in [5, 5.41) is 11.6. The maximum absolute atomic E-state index is 10.8. The molecule has 1 rings (SSSR count). The summed E-state index contributed by atoms with van der Waals surface area (Å²) in [5.74, 6) is -0.434. The molecule has 4 nitrogen and oxygen atoms in total. The first-order chi connectivity index (χ1) is 6.13. The number of anilines is 2. The van der Waals surface area contributed by atoms with E-state index in [-0.39, 0.29) is 23.2 Å². The highest BCUT2D eigenvalue weighted by Crippen LogP contribution is 2.23. The van der Waals surface area contributed by atoms with E-state index in [0.29, 0.717) is 5.69 Å². The number of phenols is 1. The number of carbonyl (C=O) groups excluding carboxylic acids is 1. The SMILES string of the molecule is Nc1cc(NC(=O)CCl)ccc1O. The van der Waals surface area contributed by atoms with Gasteiger partial charge in [-0.2, -0.15) is 0 Å². The summed E-state index contributed by atoms with van der Waals surface area (Å²) in [4.78, 5) is 10.8. The van der Waals surface area contributed by atoms with E-state index in [4.69, 9.17) is 22.4 Å². The Bertz CT molecular complexity index is 328. The third-order valence-electron chi connectivity index (χ3n) is 1.43. The molecule has 0 bridgehead atoms. The number of rotatable bonds is 2. The van der Waals surface area contributed by atoms with Gasteiger partial charge in [-0.25, -0.2) is 0 Å².